The van der Waals surface area contributed by atoms with Crippen molar-refractivity contribution in [2.24, 2.45) is 0 Å². The fourth-order valence-corrected chi connectivity index (χ4v) is 6.77. The van der Waals surface area contributed by atoms with E-state index in [1.165, 1.54) is 5.56 Å². The second kappa shape index (κ2) is 10.5. The molecule has 0 saturated heterocycles. The number of para-hydroxylation sites is 3. The summed E-state index contributed by atoms with van der Waals surface area (Å²) in [6.45, 7) is 0. The van der Waals surface area contributed by atoms with Gasteiger partial charge in [0, 0.05) is 50.2 Å². The van der Waals surface area contributed by atoms with Crippen LogP contribution >= 0.6 is 0 Å². The molecular weight excluding hydrogens is 592 g/mol. The Kier molecular flexibility index (Phi) is 5.81. The first-order valence-corrected chi connectivity index (χ1v) is 15.9. The highest BCUT2D eigenvalue weighted by atomic mass is 16.3. The van der Waals surface area contributed by atoms with Crippen LogP contribution in [0.4, 0.5) is 17.1 Å². The van der Waals surface area contributed by atoms with E-state index in [9.17, 15) is 0 Å². The van der Waals surface area contributed by atoms with Gasteiger partial charge in [-0.1, -0.05) is 72.8 Å². The molecule has 0 aliphatic heterocycles. The molecule has 0 saturated carbocycles. The minimum atomic E-state index is 0.594. The zero-order chi connectivity index (χ0) is 31.6. The van der Waals surface area contributed by atoms with Crippen molar-refractivity contribution in [2.45, 2.75) is 0 Å². The minimum absolute atomic E-state index is 0.594. The van der Waals surface area contributed by atoms with Crippen molar-refractivity contribution < 1.29 is 13.3 Å². The lowest BCUT2D eigenvalue weighted by atomic mass is 10.0. The van der Waals surface area contributed by atoms with Gasteiger partial charge in [-0.05, 0) is 90.0 Å². The molecule has 0 bridgehead atoms. The third kappa shape index (κ3) is 4.29. The highest BCUT2D eigenvalue weighted by Crippen LogP contribution is 2.42. The molecule has 10 aromatic rings. The van der Waals surface area contributed by atoms with E-state index in [0.29, 0.717) is 5.89 Å². The first-order valence-electron chi connectivity index (χ1n) is 15.9. The van der Waals surface area contributed by atoms with Crippen molar-refractivity contribution in [3.63, 3.8) is 0 Å². The number of hydrogen-bond acceptors (Lipinski definition) is 5. The first kappa shape index (κ1) is 26.6. The van der Waals surface area contributed by atoms with Crippen LogP contribution in [0.1, 0.15) is 0 Å². The summed E-state index contributed by atoms with van der Waals surface area (Å²) in [7, 11) is 0. The van der Waals surface area contributed by atoms with Crippen molar-refractivity contribution in [1.82, 2.24) is 4.98 Å². The van der Waals surface area contributed by atoms with Crippen LogP contribution in [0.3, 0.4) is 0 Å². The van der Waals surface area contributed by atoms with Gasteiger partial charge in [0.1, 0.15) is 27.8 Å². The van der Waals surface area contributed by atoms with Gasteiger partial charge in [0.25, 0.3) is 0 Å². The molecule has 0 fully saturated rings. The highest BCUT2D eigenvalue weighted by molar-refractivity contribution is 6.08. The molecule has 3 aromatic heterocycles. The molecule has 48 heavy (non-hydrogen) atoms. The Hall–Kier alpha value is -6.59. The molecule has 0 radical (unpaired) electrons. The maximum Gasteiger partial charge on any atom is 0.227 e. The summed E-state index contributed by atoms with van der Waals surface area (Å²) in [6.07, 6.45) is 0. The Labute approximate surface area is 274 Å². The Morgan fingerprint density at radius 3 is 1.79 bits per heavy atom. The lowest BCUT2D eigenvalue weighted by Crippen LogP contribution is -2.09. The summed E-state index contributed by atoms with van der Waals surface area (Å²) >= 11 is 0. The quantitative estimate of drug-likeness (QED) is 0.192. The van der Waals surface area contributed by atoms with Gasteiger partial charge in [0.2, 0.25) is 5.89 Å². The number of aromatic nitrogens is 1. The summed E-state index contributed by atoms with van der Waals surface area (Å²) in [5.74, 6) is 0.594. The van der Waals surface area contributed by atoms with Crippen molar-refractivity contribution in [1.29, 1.82) is 0 Å². The number of fused-ring (bicyclic) bond motifs is 7. The summed E-state index contributed by atoms with van der Waals surface area (Å²) < 4.78 is 18.7. The lowest BCUT2D eigenvalue weighted by Gasteiger charge is -2.25. The molecular formula is C43H26N2O3. The SMILES string of the molecule is c1ccc(-c2ccc(N(c3ccc4c(c3)oc3ccc(-c5nc6ccccc6o5)cc34)c3ccc4oc5ccccc5c4c3)cc2)cc1. The average molecular weight is 619 g/mol. The predicted octanol–water partition coefficient (Wildman–Crippen LogP) is 12.4. The summed E-state index contributed by atoms with van der Waals surface area (Å²) in [5, 5.41) is 4.21. The molecule has 0 aliphatic rings. The second-order valence-corrected chi connectivity index (χ2v) is 12.0. The molecule has 0 aliphatic carbocycles. The van der Waals surface area contributed by atoms with E-state index in [2.05, 4.69) is 108 Å². The van der Waals surface area contributed by atoms with Gasteiger partial charge in [-0.2, -0.15) is 0 Å². The minimum Gasteiger partial charge on any atom is -0.456 e. The lowest BCUT2D eigenvalue weighted by molar-refractivity contribution is 0.620. The molecule has 0 N–H and O–H groups in total. The number of benzene rings is 7. The maximum absolute atomic E-state index is 6.46. The van der Waals surface area contributed by atoms with E-state index in [1.807, 2.05) is 54.6 Å². The summed E-state index contributed by atoms with van der Waals surface area (Å²) in [4.78, 5) is 6.98. The number of hydrogen-bond donors (Lipinski definition) is 0. The van der Waals surface area contributed by atoms with E-state index < -0.39 is 0 Å². The molecule has 5 nitrogen and oxygen atoms in total. The molecule has 7 aromatic carbocycles. The zero-order valence-corrected chi connectivity index (χ0v) is 25.6. The highest BCUT2D eigenvalue weighted by Gasteiger charge is 2.18. The van der Waals surface area contributed by atoms with Crippen LogP contribution in [-0.2, 0) is 0 Å². The summed E-state index contributed by atoms with van der Waals surface area (Å²) in [6, 6.07) is 54.1. The fourth-order valence-electron chi connectivity index (χ4n) is 6.77. The molecule has 0 spiro atoms. The maximum atomic E-state index is 6.46. The van der Waals surface area contributed by atoms with Crippen LogP contribution in [0.25, 0.3) is 77.6 Å². The molecule has 226 valence electrons. The smallest absolute Gasteiger partial charge is 0.227 e. The Morgan fingerprint density at radius 1 is 0.354 bits per heavy atom. The Balaban J connectivity index is 1.11. The largest absolute Gasteiger partial charge is 0.456 e. The number of nitrogens with zero attached hydrogens (tertiary/aromatic N) is 2. The van der Waals surface area contributed by atoms with Gasteiger partial charge in [0.05, 0.1) is 0 Å². The third-order valence-electron chi connectivity index (χ3n) is 9.10. The molecule has 10 rings (SSSR count). The first-order chi connectivity index (χ1) is 23.7. The van der Waals surface area contributed by atoms with Crippen LogP contribution in [0, 0.1) is 0 Å². The van der Waals surface area contributed by atoms with Crippen molar-refractivity contribution in [3.8, 4) is 22.6 Å². The van der Waals surface area contributed by atoms with Gasteiger partial charge in [-0.25, -0.2) is 4.98 Å². The summed E-state index contributed by atoms with van der Waals surface area (Å²) in [5.41, 5.74) is 11.3. The predicted molar refractivity (Wildman–Crippen MR) is 194 cm³/mol. The molecule has 0 atom stereocenters. The van der Waals surface area contributed by atoms with Crippen LogP contribution in [0.2, 0.25) is 0 Å². The fraction of sp³-hybridized carbons (Fsp3) is 0. The number of oxazole rings is 1. The number of furan rings is 2. The van der Waals surface area contributed by atoms with E-state index in [-0.39, 0.29) is 0 Å². The van der Waals surface area contributed by atoms with Crippen LogP contribution < -0.4 is 4.90 Å². The number of anilines is 3. The standard InChI is InChI=1S/C43H26N2O3/c1-2-8-27(9-3-1)28-14-17-30(18-15-28)45(31-20-23-40-36(25-31)33-10-4-6-12-38(33)46-40)32-19-21-34-35-24-29(16-22-39(35)47-42(34)26-32)43-44-37-11-5-7-13-41(37)48-43/h1-26H. The average Bonchev–Trinajstić information content (AvgIpc) is 3.85. The van der Waals surface area contributed by atoms with Gasteiger partial charge < -0.3 is 18.2 Å². The monoisotopic (exact) mass is 618 g/mol. The van der Waals surface area contributed by atoms with Gasteiger partial charge in [-0.3, -0.25) is 0 Å². The second-order valence-electron chi connectivity index (χ2n) is 12.0. The van der Waals surface area contributed by atoms with Crippen molar-refractivity contribution in [2.75, 3.05) is 4.90 Å². The Morgan fingerprint density at radius 2 is 0.938 bits per heavy atom. The normalized spacial score (nSPS) is 11.8. The van der Waals surface area contributed by atoms with Crippen LogP contribution in [0.15, 0.2) is 171 Å². The van der Waals surface area contributed by atoms with E-state index in [1.54, 1.807) is 0 Å². The van der Waals surface area contributed by atoms with Gasteiger partial charge >= 0.3 is 0 Å². The topological polar surface area (TPSA) is 55.6 Å². The molecule has 0 unspecified atom stereocenters. The Bertz CT molecular complexity index is 2760. The molecule has 5 heteroatoms. The van der Waals surface area contributed by atoms with E-state index in [0.717, 1.165) is 83.2 Å². The van der Waals surface area contributed by atoms with Crippen LogP contribution in [-0.4, -0.2) is 4.98 Å². The van der Waals surface area contributed by atoms with Gasteiger partial charge in [0.15, 0.2) is 5.58 Å². The van der Waals surface area contributed by atoms with Crippen molar-refractivity contribution in [3.05, 3.63) is 158 Å². The molecule has 3 heterocycles. The third-order valence-corrected chi connectivity index (χ3v) is 9.10. The number of rotatable bonds is 5. The van der Waals surface area contributed by atoms with E-state index >= 15 is 0 Å². The van der Waals surface area contributed by atoms with Crippen molar-refractivity contribution >= 4 is 72.0 Å². The van der Waals surface area contributed by atoms with Crippen LogP contribution in [0.5, 0.6) is 0 Å². The van der Waals surface area contributed by atoms with Gasteiger partial charge in [-0.15, -0.1) is 0 Å². The van der Waals surface area contributed by atoms with E-state index in [4.69, 9.17) is 18.2 Å². The molecule has 0 amide bonds. The zero-order valence-electron chi connectivity index (χ0n) is 25.6.